The van der Waals surface area contributed by atoms with E-state index >= 15 is 0 Å². The van der Waals surface area contributed by atoms with E-state index in [9.17, 15) is 13.6 Å². The number of methoxy groups -OCH3 is 1. The zero-order chi connectivity index (χ0) is 17.0. The van der Waals surface area contributed by atoms with Crippen LogP contribution >= 0.6 is 0 Å². The van der Waals surface area contributed by atoms with Gasteiger partial charge in [-0.2, -0.15) is 8.78 Å². The van der Waals surface area contributed by atoms with Gasteiger partial charge in [-0.15, -0.1) is 0 Å². The number of hydrogen-bond acceptors (Lipinski definition) is 4. The summed E-state index contributed by atoms with van der Waals surface area (Å²) in [6.45, 7) is -1.02. The lowest BCUT2D eigenvalue weighted by Crippen LogP contribution is -2.32. The molecule has 23 heavy (non-hydrogen) atoms. The fourth-order valence-corrected chi connectivity index (χ4v) is 1.92. The van der Waals surface area contributed by atoms with Crippen LogP contribution in [0.3, 0.4) is 0 Å². The van der Waals surface area contributed by atoms with Crippen molar-refractivity contribution in [2.45, 2.75) is 20.0 Å². The number of nitrogens with zero attached hydrogens (tertiary/aromatic N) is 4. The van der Waals surface area contributed by atoms with Crippen LogP contribution in [0.1, 0.15) is 18.1 Å². The van der Waals surface area contributed by atoms with Gasteiger partial charge in [0.05, 0.1) is 25.0 Å². The molecular weight excluding hydrogens is 308 g/mol. The molecule has 1 N–H and O–H groups in total. The Morgan fingerprint density at radius 3 is 2.83 bits per heavy atom. The van der Waals surface area contributed by atoms with Crippen LogP contribution in [0.2, 0.25) is 0 Å². The van der Waals surface area contributed by atoms with E-state index in [1.54, 1.807) is 19.1 Å². The van der Waals surface area contributed by atoms with Crippen LogP contribution in [0.4, 0.5) is 19.3 Å². The third kappa shape index (κ3) is 3.93. The van der Waals surface area contributed by atoms with Crippen molar-refractivity contribution in [2.75, 3.05) is 19.5 Å². The first kappa shape index (κ1) is 16.7. The van der Waals surface area contributed by atoms with Gasteiger partial charge in [0.15, 0.2) is 0 Å². The summed E-state index contributed by atoms with van der Waals surface area (Å²) in [7, 11) is 2.99. The molecule has 0 bridgehead atoms. The number of rotatable bonds is 5. The lowest BCUT2D eigenvalue weighted by atomic mass is 10.3. The zero-order valence-electron chi connectivity index (χ0n) is 13.0. The second-order valence-electron chi connectivity index (χ2n) is 4.80. The van der Waals surface area contributed by atoms with E-state index in [1.807, 2.05) is 0 Å². The number of pyridine rings is 1. The van der Waals surface area contributed by atoms with Gasteiger partial charge >= 0.3 is 12.6 Å². The first-order chi connectivity index (χ1) is 10.9. The molecule has 0 unspecified atom stereocenters. The minimum atomic E-state index is -2.70. The number of amides is 2. The quantitative estimate of drug-likeness (QED) is 0.917. The van der Waals surface area contributed by atoms with E-state index in [0.717, 1.165) is 0 Å². The number of urea groups is 1. The Hall–Kier alpha value is -2.71. The minimum Gasteiger partial charge on any atom is -0.481 e. The monoisotopic (exact) mass is 325 g/mol. The molecule has 0 aliphatic heterocycles. The highest BCUT2D eigenvalue weighted by molar-refractivity contribution is 5.89. The fourth-order valence-electron chi connectivity index (χ4n) is 1.92. The predicted molar refractivity (Wildman–Crippen MR) is 79.5 cm³/mol. The number of imidazole rings is 1. The van der Waals surface area contributed by atoms with Gasteiger partial charge in [-0.05, 0) is 13.0 Å². The number of halogens is 2. The number of hydrogen-bond donors (Lipinski definition) is 1. The molecule has 0 aromatic carbocycles. The van der Waals surface area contributed by atoms with Crippen molar-refractivity contribution >= 4 is 11.7 Å². The lowest BCUT2D eigenvalue weighted by molar-refractivity contribution is 0.0652. The Morgan fingerprint density at radius 2 is 2.22 bits per heavy atom. The van der Waals surface area contributed by atoms with Gasteiger partial charge < -0.3 is 15.0 Å². The third-order valence-corrected chi connectivity index (χ3v) is 3.20. The SMILES string of the molecule is COc1ccc(NC(=O)N(C)Cc2nccn2C(F)F)c(C)n1. The van der Waals surface area contributed by atoms with Crippen LogP contribution in [-0.4, -0.2) is 39.6 Å². The summed E-state index contributed by atoms with van der Waals surface area (Å²) in [6.07, 6.45) is 2.44. The maximum atomic E-state index is 12.8. The van der Waals surface area contributed by atoms with Crippen LogP contribution in [0.5, 0.6) is 5.88 Å². The number of aryl methyl sites for hydroxylation is 1. The van der Waals surface area contributed by atoms with Gasteiger partial charge in [0.2, 0.25) is 5.88 Å². The van der Waals surface area contributed by atoms with Crippen LogP contribution in [0, 0.1) is 6.92 Å². The van der Waals surface area contributed by atoms with Gasteiger partial charge in [-0.1, -0.05) is 0 Å². The van der Waals surface area contributed by atoms with E-state index in [2.05, 4.69) is 15.3 Å². The summed E-state index contributed by atoms with van der Waals surface area (Å²) in [5.41, 5.74) is 1.10. The van der Waals surface area contributed by atoms with Crippen LogP contribution < -0.4 is 10.1 Å². The molecule has 2 aromatic rings. The zero-order valence-corrected chi connectivity index (χ0v) is 13.0. The van der Waals surface area contributed by atoms with Gasteiger partial charge in [0, 0.05) is 25.5 Å². The van der Waals surface area contributed by atoms with E-state index in [-0.39, 0.29) is 12.4 Å². The van der Waals surface area contributed by atoms with Gasteiger partial charge in [0.1, 0.15) is 5.82 Å². The number of nitrogens with one attached hydrogen (secondary N) is 1. The van der Waals surface area contributed by atoms with Crippen molar-refractivity contribution in [3.05, 3.63) is 36.0 Å². The van der Waals surface area contributed by atoms with E-state index in [4.69, 9.17) is 4.74 Å². The smallest absolute Gasteiger partial charge is 0.322 e. The van der Waals surface area contributed by atoms with Gasteiger partial charge in [0.25, 0.3) is 0 Å². The van der Waals surface area contributed by atoms with E-state index < -0.39 is 12.6 Å². The van der Waals surface area contributed by atoms with Gasteiger partial charge in [-0.3, -0.25) is 4.57 Å². The summed E-state index contributed by atoms with van der Waals surface area (Å²) in [6, 6.07) is 2.82. The van der Waals surface area contributed by atoms with Crippen molar-refractivity contribution in [3.63, 3.8) is 0 Å². The molecule has 0 spiro atoms. The standard InChI is InChI=1S/C14H17F2N5O2/c1-9-10(4-5-12(18-9)23-3)19-14(22)20(2)8-11-17-6-7-21(11)13(15)16/h4-7,13H,8H2,1-3H3,(H,19,22). The molecule has 0 aliphatic carbocycles. The number of ether oxygens (including phenoxy) is 1. The third-order valence-electron chi connectivity index (χ3n) is 3.20. The van der Waals surface area contributed by atoms with Crippen LogP contribution in [-0.2, 0) is 6.54 Å². The average Bonchev–Trinajstić information content (AvgIpc) is 2.97. The van der Waals surface area contributed by atoms with E-state index in [1.165, 1.54) is 31.5 Å². The Bertz CT molecular complexity index is 690. The molecule has 9 heteroatoms. The number of carbonyl (C=O) groups is 1. The first-order valence-corrected chi connectivity index (χ1v) is 6.76. The van der Waals surface area contributed by atoms with Crippen LogP contribution in [0.15, 0.2) is 24.5 Å². The molecule has 0 radical (unpaired) electrons. The summed E-state index contributed by atoms with van der Waals surface area (Å²) in [4.78, 5) is 21.4. The molecule has 2 heterocycles. The van der Waals surface area contributed by atoms with Crippen molar-refractivity contribution in [2.24, 2.45) is 0 Å². The van der Waals surface area contributed by atoms with E-state index in [0.29, 0.717) is 21.8 Å². The molecule has 0 atom stereocenters. The largest absolute Gasteiger partial charge is 0.481 e. The lowest BCUT2D eigenvalue weighted by Gasteiger charge is -2.19. The highest BCUT2D eigenvalue weighted by atomic mass is 19.3. The number of alkyl halides is 2. The molecule has 0 saturated heterocycles. The molecular formula is C14H17F2N5O2. The number of anilines is 1. The normalized spacial score (nSPS) is 10.7. The molecule has 0 saturated carbocycles. The molecule has 2 rings (SSSR count). The van der Waals surface area contributed by atoms with Crippen molar-refractivity contribution in [3.8, 4) is 5.88 Å². The van der Waals surface area contributed by atoms with Crippen molar-refractivity contribution in [1.29, 1.82) is 0 Å². The van der Waals surface area contributed by atoms with Crippen molar-refractivity contribution in [1.82, 2.24) is 19.4 Å². The summed E-state index contributed by atoms with van der Waals surface area (Å²) >= 11 is 0. The molecule has 7 nitrogen and oxygen atoms in total. The molecule has 124 valence electrons. The predicted octanol–water partition coefficient (Wildman–Crippen LogP) is 2.65. The van der Waals surface area contributed by atoms with Crippen molar-refractivity contribution < 1.29 is 18.3 Å². The maximum Gasteiger partial charge on any atom is 0.322 e. The first-order valence-electron chi connectivity index (χ1n) is 6.76. The Morgan fingerprint density at radius 1 is 1.48 bits per heavy atom. The fraction of sp³-hybridized carbons (Fsp3) is 0.357. The highest BCUT2D eigenvalue weighted by Crippen LogP contribution is 2.18. The van der Waals surface area contributed by atoms with Crippen LogP contribution in [0.25, 0.3) is 0 Å². The summed E-state index contributed by atoms with van der Waals surface area (Å²) in [5, 5.41) is 2.67. The molecule has 2 aromatic heterocycles. The maximum absolute atomic E-state index is 12.8. The summed E-state index contributed by atoms with van der Waals surface area (Å²) < 4.78 is 31.2. The topological polar surface area (TPSA) is 72.3 Å². The minimum absolute atomic E-state index is 0.0498. The Kier molecular flexibility index (Phi) is 5.09. The molecule has 2 amide bonds. The average molecular weight is 325 g/mol. The number of aromatic nitrogens is 3. The van der Waals surface area contributed by atoms with Gasteiger partial charge in [-0.25, -0.2) is 14.8 Å². The molecule has 0 aliphatic rings. The number of carbonyl (C=O) groups excluding carboxylic acids is 1. The second kappa shape index (κ2) is 7.03. The second-order valence-corrected chi connectivity index (χ2v) is 4.80. The Labute approximate surface area is 131 Å². The Balaban J connectivity index is 2.04. The molecule has 0 fully saturated rings. The highest BCUT2D eigenvalue weighted by Gasteiger charge is 2.17. The summed E-state index contributed by atoms with van der Waals surface area (Å²) in [5.74, 6) is 0.537.